The number of rotatable bonds is 4. The molecule has 1 unspecified atom stereocenters. The molecule has 0 fully saturated rings. The summed E-state index contributed by atoms with van der Waals surface area (Å²) in [5.41, 5.74) is 0. The van der Waals surface area contributed by atoms with E-state index in [2.05, 4.69) is 0 Å². The normalized spacial score (nSPS) is 16.9. The first-order valence-electron chi connectivity index (χ1n) is 3.51. The van der Waals surface area contributed by atoms with E-state index >= 15 is 0 Å². The van der Waals surface area contributed by atoms with Crippen LogP contribution in [0.5, 0.6) is 0 Å². The van der Waals surface area contributed by atoms with E-state index in [9.17, 15) is 26.3 Å². The molecule has 0 heterocycles. The number of aliphatic hydroxyl groups is 2. The summed E-state index contributed by atoms with van der Waals surface area (Å²) in [6.07, 6.45) is -4.38. The van der Waals surface area contributed by atoms with Crippen molar-refractivity contribution in [2.45, 2.75) is 37.4 Å². The van der Waals surface area contributed by atoms with E-state index < -0.39 is 30.5 Å². The van der Waals surface area contributed by atoms with Crippen molar-refractivity contribution in [1.29, 1.82) is 0 Å². The molecule has 0 aliphatic heterocycles. The third kappa shape index (κ3) is 1.95. The standard InChI is InChI=1S/C6H8F6O2/c1-2-3(7)4(8,9)5(10,11)6(12,13)14/h3,13-14H,2H2,1H3. The molecule has 2 N–H and O–H groups in total. The first kappa shape index (κ1) is 13.5. The van der Waals surface area contributed by atoms with Crippen LogP contribution in [0.25, 0.3) is 0 Å². The lowest BCUT2D eigenvalue weighted by atomic mass is 10.0. The van der Waals surface area contributed by atoms with Gasteiger partial charge < -0.3 is 10.2 Å². The van der Waals surface area contributed by atoms with Crippen LogP contribution in [0.4, 0.5) is 26.3 Å². The predicted octanol–water partition coefficient (Wildman–Crippen LogP) is 1.61. The van der Waals surface area contributed by atoms with Crippen LogP contribution < -0.4 is 0 Å². The van der Waals surface area contributed by atoms with E-state index in [4.69, 9.17) is 10.2 Å². The molecular weight excluding hydrogens is 218 g/mol. The summed E-state index contributed by atoms with van der Waals surface area (Å²) in [6, 6.07) is -5.46. The third-order valence-electron chi connectivity index (χ3n) is 1.57. The molecule has 0 rings (SSSR count). The van der Waals surface area contributed by atoms with E-state index in [-0.39, 0.29) is 0 Å². The molecular formula is C6H8F6O2. The topological polar surface area (TPSA) is 40.5 Å². The Morgan fingerprint density at radius 2 is 1.43 bits per heavy atom. The van der Waals surface area contributed by atoms with Crippen LogP contribution >= 0.6 is 0 Å². The lowest BCUT2D eigenvalue weighted by Gasteiger charge is -2.32. The zero-order chi connectivity index (χ0) is 11.8. The maximum Gasteiger partial charge on any atom is 0.396 e. The fourth-order valence-corrected chi connectivity index (χ4v) is 0.665. The zero-order valence-electron chi connectivity index (χ0n) is 6.95. The SMILES string of the molecule is CCC(F)C(F)(F)C(F)(F)C(O)(O)F. The lowest BCUT2D eigenvalue weighted by molar-refractivity contribution is -0.421. The highest BCUT2D eigenvalue weighted by molar-refractivity contribution is 4.94. The summed E-state index contributed by atoms with van der Waals surface area (Å²) in [7, 11) is 0. The maximum atomic E-state index is 12.4. The largest absolute Gasteiger partial charge is 0.396 e. The molecule has 0 amide bonds. The molecule has 1 atom stereocenters. The minimum atomic E-state index is -5.91. The molecule has 8 heteroatoms. The van der Waals surface area contributed by atoms with Crippen molar-refractivity contribution in [2.24, 2.45) is 0 Å². The Labute approximate surface area is 75.1 Å². The number of alkyl halides is 6. The molecule has 86 valence electrons. The molecule has 0 saturated heterocycles. The molecule has 0 radical (unpaired) electrons. The Hall–Kier alpha value is -0.500. The quantitative estimate of drug-likeness (QED) is 0.564. The highest BCUT2D eigenvalue weighted by Crippen LogP contribution is 2.45. The van der Waals surface area contributed by atoms with Gasteiger partial charge in [0.1, 0.15) is 0 Å². The van der Waals surface area contributed by atoms with Gasteiger partial charge >= 0.3 is 17.9 Å². The summed E-state index contributed by atoms with van der Waals surface area (Å²) >= 11 is 0. The number of hydrogen-bond acceptors (Lipinski definition) is 2. The predicted molar refractivity (Wildman–Crippen MR) is 33.4 cm³/mol. The molecule has 0 spiro atoms. The van der Waals surface area contributed by atoms with Gasteiger partial charge in [-0.2, -0.15) is 22.0 Å². The number of halogens is 6. The van der Waals surface area contributed by atoms with Crippen molar-refractivity contribution in [3.05, 3.63) is 0 Å². The van der Waals surface area contributed by atoms with Crippen LogP contribution in [0.2, 0.25) is 0 Å². The Morgan fingerprint density at radius 1 is 1.07 bits per heavy atom. The monoisotopic (exact) mass is 226 g/mol. The van der Waals surface area contributed by atoms with Crippen molar-refractivity contribution in [3.63, 3.8) is 0 Å². The van der Waals surface area contributed by atoms with E-state index in [1.54, 1.807) is 0 Å². The molecule has 0 bridgehead atoms. The van der Waals surface area contributed by atoms with E-state index in [0.717, 1.165) is 6.92 Å². The second-order valence-corrected chi connectivity index (χ2v) is 2.66. The molecule has 0 aromatic carbocycles. The first-order valence-corrected chi connectivity index (χ1v) is 3.51. The van der Waals surface area contributed by atoms with Crippen LogP contribution in [0.15, 0.2) is 0 Å². The summed E-state index contributed by atoms with van der Waals surface area (Å²) in [5, 5.41) is 15.4. The van der Waals surface area contributed by atoms with Gasteiger partial charge in [-0.05, 0) is 6.42 Å². The van der Waals surface area contributed by atoms with Crippen LogP contribution in [0.1, 0.15) is 13.3 Å². The summed E-state index contributed by atoms with van der Waals surface area (Å²) < 4.78 is 73.6. The van der Waals surface area contributed by atoms with Gasteiger partial charge in [-0.1, -0.05) is 6.92 Å². The summed E-state index contributed by atoms with van der Waals surface area (Å²) in [6.45, 7) is 0.823. The van der Waals surface area contributed by atoms with E-state index in [0.29, 0.717) is 0 Å². The summed E-state index contributed by atoms with van der Waals surface area (Å²) in [4.78, 5) is 0. The van der Waals surface area contributed by atoms with Crippen LogP contribution in [-0.2, 0) is 0 Å². The van der Waals surface area contributed by atoms with E-state index in [1.807, 2.05) is 0 Å². The maximum absolute atomic E-state index is 12.4. The zero-order valence-corrected chi connectivity index (χ0v) is 6.95. The Balaban J connectivity index is 5.07. The molecule has 0 aliphatic carbocycles. The van der Waals surface area contributed by atoms with Gasteiger partial charge in [-0.3, -0.25) is 0 Å². The van der Waals surface area contributed by atoms with Gasteiger partial charge in [0.15, 0.2) is 6.17 Å². The van der Waals surface area contributed by atoms with Crippen LogP contribution in [0, 0.1) is 0 Å². The number of hydrogen-bond donors (Lipinski definition) is 2. The fraction of sp³-hybridized carbons (Fsp3) is 1.00. The average molecular weight is 226 g/mol. The molecule has 0 aliphatic rings. The highest BCUT2D eigenvalue weighted by Gasteiger charge is 2.73. The van der Waals surface area contributed by atoms with Crippen LogP contribution in [0.3, 0.4) is 0 Å². The summed E-state index contributed by atoms with van der Waals surface area (Å²) in [5.74, 6) is -11.4. The Bertz CT molecular complexity index is 199. The van der Waals surface area contributed by atoms with Crippen molar-refractivity contribution < 1.29 is 36.6 Å². The highest BCUT2D eigenvalue weighted by atomic mass is 19.3. The molecule has 14 heavy (non-hydrogen) atoms. The molecule has 0 aromatic heterocycles. The van der Waals surface area contributed by atoms with Gasteiger partial charge in [-0.15, -0.1) is 0 Å². The Kier molecular flexibility index (Phi) is 3.45. The van der Waals surface area contributed by atoms with E-state index in [1.165, 1.54) is 0 Å². The van der Waals surface area contributed by atoms with Gasteiger partial charge in [0.05, 0.1) is 0 Å². The van der Waals surface area contributed by atoms with Crippen molar-refractivity contribution >= 4 is 0 Å². The molecule has 0 aromatic rings. The lowest BCUT2D eigenvalue weighted by Crippen LogP contribution is -2.60. The van der Waals surface area contributed by atoms with Crippen molar-refractivity contribution in [1.82, 2.24) is 0 Å². The smallest absolute Gasteiger partial charge is 0.335 e. The molecule has 2 nitrogen and oxygen atoms in total. The van der Waals surface area contributed by atoms with Crippen molar-refractivity contribution in [2.75, 3.05) is 0 Å². The molecule has 0 saturated carbocycles. The van der Waals surface area contributed by atoms with Gasteiger partial charge in [0.2, 0.25) is 0 Å². The van der Waals surface area contributed by atoms with Crippen molar-refractivity contribution in [3.8, 4) is 0 Å². The third-order valence-corrected chi connectivity index (χ3v) is 1.57. The van der Waals surface area contributed by atoms with Gasteiger partial charge in [0, 0.05) is 0 Å². The minimum absolute atomic E-state index is 0.823. The van der Waals surface area contributed by atoms with Crippen LogP contribution in [-0.4, -0.2) is 34.3 Å². The second-order valence-electron chi connectivity index (χ2n) is 2.66. The first-order chi connectivity index (χ1) is 5.98. The van der Waals surface area contributed by atoms with Gasteiger partial charge in [-0.25, -0.2) is 4.39 Å². The Morgan fingerprint density at radius 3 is 1.64 bits per heavy atom. The fourth-order valence-electron chi connectivity index (χ4n) is 0.665. The minimum Gasteiger partial charge on any atom is -0.335 e. The second kappa shape index (κ2) is 3.58. The average Bonchev–Trinajstić information content (AvgIpc) is 2.00. The van der Waals surface area contributed by atoms with Gasteiger partial charge in [0.25, 0.3) is 0 Å².